The number of aryl methyl sites for hydroxylation is 2. The molecule has 0 saturated carbocycles. The van der Waals surface area contributed by atoms with Gasteiger partial charge in [-0.3, -0.25) is 0 Å². The Morgan fingerprint density at radius 2 is 1.86 bits per heavy atom. The maximum Gasteiger partial charge on any atom is 0.175 e. The normalized spacial score (nSPS) is 13.3. The van der Waals surface area contributed by atoms with Crippen LogP contribution in [-0.4, -0.2) is 19.7 Å². The number of hydrogen-bond donors (Lipinski definition) is 1. The van der Waals surface area contributed by atoms with Crippen LogP contribution in [0.3, 0.4) is 0 Å². The van der Waals surface area contributed by atoms with Crippen LogP contribution in [0.25, 0.3) is 0 Å². The first-order chi connectivity index (χ1) is 9.77. The fourth-order valence-corrected chi connectivity index (χ4v) is 3.75. The molecule has 0 saturated heterocycles. The molecular formula is C15H20N2O2S2. The minimum Gasteiger partial charge on any atom is -0.305 e. The molecule has 4 nitrogen and oxygen atoms in total. The lowest BCUT2D eigenvalue weighted by atomic mass is 10.2. The Hall–Kier alpha value is -1.24. The summed E-state index contributed by atoms with van der Waals surface area (Å²) < 4.78 is 22.8. The summed E-state index contributed by atoms with van der Waals surface area (Å²) in [5.41, 5.74) is 2.14. The van der Waals surface area contributed by atoms with E-state index in [0.717, 1.165) is 16.3 Å². The Kier molecular flexibility index (Phi) is 4.81. The van der Waals surface area contributed by atoms with Gasteiger partial charge in [0.15, 0.2) is 9.84 Å². The lowest BCUT2D eigenvalue weighted by Crippen LogP contribution is -2.17. The van der Waals surface area contributed by atoms with E-state index in [0.29, 0.717) is 11.4 Å². The third-order valence-electron chi connectivity index (χ3n) is 3.30. The van der Waals surface area contributed by atoms with Crippen molar-refractivity contribution >= 4 is 21.2 Å². The molecule has 6 heteroatoms. The lowest BCUT2D eigenvalue weighted by Gasteiger charge is -2.13. The minimum absolute atomic E-state index is 0.228. The third-order valence-corrected chi connectivity index (χ3v) is 5.68. The van der Waals surface area contributed by atoms with Gasteiger partial charge in [-0.15, -0.1) is 11.3 Å². The van der Waals surface area contributed by atoms with Crippen molar-refractivity contribution < 1.29 is 8.42 Å². The highest BCUT2D eigenvalue weighted by atomic mass is 32.2. The summed E-state index contributed by atoms with van der Waals surface area (Å²) in [5, 5.41) is 4.53. The zero-order chi connectivity index (χ0) is 15.6. The molecule has 1 heterocycles. The lowest BCUT2D eigenvalue weighted by molar-refractivity contribution is 0.579. The highest BCUT2D eigenvalue weighted by Crippen LogP contribution is 2.24. The monoisotopic (exact) mass is 324 g/mol. The molecule has 1 N–H and O–H groups in total. The van der Waals surface area contributed by atoms with E-state index in [1.165, 1.54) is 11.1 Å². The second kappa shape index (κ2) is 6.25. The van der Waals surface area contributed by atoms with Gasteiger partial charge in [-0.1, -0.05) is 12.1 Å². The fourth-order valence-electron chi connectivity index (χ4n) is 2.17. The number of aromatic nitrogens is 1. The molecule has 2 rings (SSSR count). The molecule has 1 unspecified atom stereocenters. The van der Waals surface area contributed by atoms with E-state index in [-0.39, 0.29) is 6.04 Å². The summed E-state index contributed by atoms with van der Waals surface area (Å²) in [4.78, 5) is 6.04. The molecule has 1 atom stereocenters. The summed E-state index contributed by atoms with van der Waals surface area (Å²) in [6.07, 6.45) is 1.22. The summed E-state index contributed by atoms with van der Waals surface area (Å²) >= 11 is 1.71. The molecule has 0 radical (unpaired) electrons. The van der Waals surface area contributed by atoms with E-state index < -0.39 is 9.84 Å². The van der Waals surface area contributed by atoms with E-state index in [1.807, 2.05) is 26.0 Å². The third kappa shape index (κ3) is 4.12. The molecule has 0 aliphatic carbocycles. The van der Waals surface area contributed by atoms with Gasteiger partial charge in [0.25, 0.3) is 0 Å². The molecule has 114 valence electrons. The van der Waals surface area contributed by atoms with Crippen molar-refractivity contribution in [3.8, 4) is 0 Å². The average molecular weight is 324 g/mol. The van der Waals surface area contributed by atoms with Crippen LogP contribution in [0.15, 0.2) is 29.2 Å². The van der Waals surface area contributed by atoms with E-state index in [2.05, 4.69) is 17.2 Å². The van der Waals surface area contributed by atoms with Crippen LogP contribution in [-0.2, 0) is 16.4 Å². The first-order valence-electron chi connectivity index (χ1n) is 6.73. The van der Waals surface area contributed by atoms with Gasteiger partial charge in [-0.05, 0) is 38.5 Å². The Morgan fingerprint density at radius 1 is 1.24 bits per heavy atom. The number of nitrogens with zero attached hydrogens (tertiary/aromatic N) is 1. The number of rotatable bonds is 5. The standard InChI is InChI=1S/C15H20N2O2S2/c1-10(15-11(2)17-12(3)20-15)16-9-13-5-7-14(8-6-13)21(4,18)19/h5-8,10,16H,9H2,1-4H3. The van der Waals surface area contributed by atoms with Crippen molar-refractivity contribution in [2.75, 3.05) is 6.26 Å². The second-order valence-corrected chi connectivity index (χ2v) is 8.45. The SMILES string of the molecule is Cc1nc(C)c(C(C)NCc2ccc(S(C)(=O)=O)cc2)s1. The van der Waals surface area contributed by atoms with Crippen molar-refractivity contribution in [1.29, 1.82) is 0 Å². The van der Waals surface area contributed by atoms with Crippen LogP contribution >= 0.6 is 11.3 Å². The first kappa shape index (κ1) is 16.1. The number of hydrogen-bond acceptors (Lipinski definition) is 5. The van der Waals surface area contributed by atoms with Gasteiger partial charge in [-0.2, -0.15) is 0 Å². The molecule has 0 bridgehead atoms. The zero-order valence-corrected chi connectivity index (χ0v) is 14.3. The van der Waals surface area contributed by atoms with Crippen LogP contribution in [0, 0.1) is 13.8 Å². The molecule has 1 aromatic carbocycles. The molecular weight excluding hydrogens is 304 g/mol. The number of thiazole rings is 1. The van der Waals surface area contributed by atoms with Crippen molar-refractivity contribution in [3.05, 3.63) is 45.4 Å². The van der Waals surface area contributed by atoms with E-state index in [9.17, 15) is 8.42 Å². The van der Waals surface area contributed by atoms with Gasteiger partial charge in [0.1, 0.15) is 0 Å². The summed E-state index contributed by atoms with van der Waals surface area (Å²) in [5.74, 6) is 0. The van der Waals surface area contributed by atoms with Gasteiger partial charge in [0.05, 0.1) is 15.6 Å². The van der Waals surface area contributed by atoms with Crippen molar-refractivity contribution in [2.45, 2.75) is 38.3 Å². The molecule has 0 amide bonds. The quantitative estimate of drug-likeness (QED) is 0.918. The van der Waals surface area contributed by atoms with Gasteiger partial charge >= 0.3 is 0 Å². The molecule has 0 aliphatic rings. The summed E-state index contributed by atoms with van der Waals surface area (Å²) in [6.45, 7) is 6.85. The van der Waals surface area contributed by atoms with Gasteiger partial charge in [0.2, 0.25) is 0 Å². The van der Waals surface area contributed by atoms with E-state index >= 15 is 0 Å². The molecule has 21 heavy (non-hydrogen) atoms. The predicted molar refractivity (Wildman–Crippen MR) is 86.4 cm³/mol. The van der Waals surface area contributed by atoms with Gasteiger partial charge in [0, 0.05) is 23.7 Å². The molecule has 1 aromatic heterocycles. The molecule has 2 aromatic rings. The topological polar surface area (TPSA) is 59.1 Å². The Morgan fingerprint density at radius 3 is 2.33 bits per heavy atom. The maximum absolute atomic E-state index is 11.4. The van der Waals surface area contributed by atoms with Crippen LogP contribution in [0.4, 0.5) is 0 Å². The van der Waals surface area contributed by atoms with Crippen molar-refractivity contribution in [1.82, 2.24) is 10.3 Å². The van der Waals surface area contributed by atoms with E-state index in [1.54, 1.807) is 23.5 Å². The fraction of sp³-hybridized carbons (Fsp3) is 0.400. The number of nitrogens with one attached hydrogen (secondary N) is 1. The highest BCUT2D eigenvalue weighted by Gasteiger charge is 2.12. The van der Waals surface area contributed by atoms with Gasteiger partial charge in [-0.25, -0.2) is 13.4 Å². The van der Waals surface area contributed by atoms with Crippen LogP contribution in [0.5, 0.6) is 0 Å². The summed E-state index contributed by atoms with van der Waals surface area (Å²) in [6, 6.07) is 7.23. The highest BCUT2D eigenvalue weighted by molar-refractivity contribution is 7.90. The van der Waals surface area contributed by atoms with Crippen LogP contribution in [0.2, 0.25) is 0 Å². The average Bonchev–Trinajstić information content (AvgIpc) is 2.74. The number of sulfone groups is 1. The smallest absolute Gasteiger partial charge is 0.175 e. The Bertz CT molecular complexity index is 719. The predicted octanol–water partition coefficient (Wildman–Crippen LogP) is 3.01. The largest absolute Gasteiger partial charge is 0.305 e. The second-order valence-electron chi connectivity index (χ2n) is 5.20. The number of benzene rings is 1. The maximum atomic E-state index is 11.4. The Balaban J connectivity index is 2.01. The van der Waals surface area contributed by atoms with Crippen molar-refractivity contribution in [3.63, 3.8) is 0 Å². The van der Waals surface area contributed by atoms with Crippen LogP contribution < -0.4 is 5.32 Å². The summed E-state index contributed by atoms with van der Waals surface area (Å²) in [7, 11) is -3.12. The Labute approximate surface area is 130 Å². The molecule has 0 spiro atoms. The minimum atomic E-state index is -3.12. The van der Waals surface area contributed by atoms with Gasteiger partial charge < -0.3 is 5.32 Å². The van der Waals surface area contributed by atoms with Crippen molar-refractivity contribution in [2.24, 2.45) is 0 Å². The zero-order valence-electron chi connectivity index (χ0n) is 12.7. The van der Waals surface area contributed by atoms with Crippen LogP contribution in [0.1, 0.15) is 34.1 Å². The molecule has 0 fully saturated rings. The first-order valence-corrected chi connectivity index (χ1v) is 9.44. The molecule has 0 aliphatic heterocycles. The van der Waals surface area contributed by atoms with E-state index in [4.69, 9.17) is 0 Å².